The Morgan fingerprint density at radius 3 is 2.52 bits per heavy atom. The first-order valence-corrected chi connectivity index (χ1v) is 10.2. The van der Waals surface area contributed by atoms with Crippen LogP contribution >= 0.6 is 11.6 Å². The maximum Gasteiger partial charge on any atom is 0.266 e. The smallest absolute Gasteiger partial charge is 0.266 e. The average Bonchev–Trinajstić information content (AvgIpc) is 2.76. The third kappa shape index (κ3) is 5.36. The van der Waals surface area contributed by atoms with Crippen LogP contribution in [-0.2, 0) is 4.79 Å². The third-order valence-corrected chi connectivity index (χ3v) is 4.80. The highest BCUT2D eigenvalue weighted by Crippen LogP contribution is 2.31. The number of fused-ring (bicyclic) bond motifs is 1. The lowest BCUT2D eigenvalue weighted by atomic mass is 10.0. The molecule has 0 unspecified atom stereocenters. The Kier molecular flexibility index (Phi) is 7.17. The van der Waals surface area contributed by atoms with Gasteiger partial charge in [0.1, 0.15) is 23.1 Å². The number of carbonyl (C=O) groups is 1. The number of nitriles is 1. The van der Waals surface area contributed by atoms with Crippen LogP contribution in [0, 0.1) is 17.2 Å². The van der Waals surface area contributed by atoms with Crippen LogP contribution in [0.25, 0.3) is 16.8 Å². The van der Waals surface area contributed by atoms with Gasteiger partial charge >= 0.3 is 0 Å². The maximum atomic E-state index is 12.8. The second-order valence-electron chi connectivity index (χ2n) is 7.37. The van der Waals surface area contributed by atoms with Crippen LogP contribution in [0.15, 0.2) is 60.2 Å². The van der Waals surface area contributed by atoms with Crippen molar-refractivity contribution in [2.45, 2.75) is 13.8 Å². The van der Waals surface area contributed by atoms with Crippen molar-refractivity contribution < 1.29 is 14.3 Å². The van der Waals surface area contributed by atoms with E-state index in [9.17, 15) is 10.1 Å². The Balaban J connectivity index is 1.96. The Hall–Kier alpha value is -3.49. The lowest BCUT2D eigenvalue weighted by molar-refractivity contribution is -0.112. The number of benzene rings is 3. The summed E-state index contributed by atoms with van der Waals surface area (Å²) in [5, 5.41) is 14.6. The van der Waals surface area contributed by atoms with Crippen LogP contribution in [0.3, 0.4) is 0 Å². The van der Waals surface area contributed by atoms with Gasteiger partial charge in [-0.05, 0) is 47.2 Å². The molecule has 3 aromatic rings. The monoisotopic (exact) mass is 434 g/mol. The molecule has 0 heterocycles. The van der Waals surface area contributed by atoms with Gasteiger partial charge in [0.05, 0.1) is 19.4 Å². The molecule has 1 amide bonds. The average molecular weight is 435 g/mol. The molecule has 0 saturated carbocycles. The van der Waals surface area contributed by atoms with E-state index < -0.39 is 5.91 Å². The molecule has 0 saturated heterocycles. The number of hydrogen-bond acceptors (Lipinski definition) is 4. The molecule has 0 radical (unpaired) electrons. The van der Waals surface area contributed by atoms with Crippen LogP contribution in [0.5, 0.6) is 11.5 Å². The fraction of sp³-hybridized carbons (Fsp3) is 0.200. The summed E-state index contributed by atoms with van der Waals surface area (Å²) in [6.45, 7) is 4.78. The van der Waals surface area contributed by atoms with E-state index in [0.717, 1.165) is 22.1 Å². The molecule has 0 spiro atoms. The summed E-state index contributed by atoms with van der Waals surface area (Å²) < 4.78 is 11.2. The number of carbonyl (C=O) groups excluding carboxylic acids is 1. The fourth-order valence-electron chi connectivity index (χ4n) is 3.07. The number of hydrogen-bond donors (Lipinski definition) is 1. The fourth-order valence-corrected chi connectivity index (χ4v) is 3.25. The van der Waals surface area contributed by atoms with Gasteiger partial charge in [-0.2, -0.15) is 5.26 Å². The Labute approximate surface area is 186 Å². The zero-order valence-electron chi connectivity index (χ0n) is 17.6. The molecule has 0 bridgehead atoms. The first-order chi connectivity index (χ1) is 14.9. The minimum absolute atomic E-state index is 0.0389. The molecule has 3 rings (SSSR count). The van der Waals surface area contributed by atoms with Crippen molar-refractivity contribution in [3.63, 3.8) is 0 Å². The van der Waals surface area contributed by atoms with Gasteiger partial charge in [-0.1, -0.05) is 55.8 Å². The highest BCUT2D eigenvalue weighted by Gasteiger charge is 2.14. The Bertz CT molecular complexity index is 1180. The van der Waals surface area contributed by atoms with E-state index in [4.69, 9.17) is 21.1 Å². The van der Waals surface area contributed by atoms with Crippen molar-refractivity contribution in [2.24, 2.45) is 5.92 Å². The predicted octanol–water partition coefficient (Wildman–Crippen LogP) is 6.08. The van der Waals surface area contributed by atoms with Gasteiger partial charge in [-0.15, -0.1) is 0 Å². The summed E-state index contributed by atoms with van der Waals surface area (Å²) in [5.74, 6) is 1.07. The molecular formula is C25H23ClN2O3. The molecule has 0 aliphatic heterocycles. The van der Waals surface area contributed by atoms with Crippen molar-refractivity contribution in [3.8, 4) is 17.6 Å². The van der Waals surface area contributed by atoms with E-state index in [-0.39, 0.29) is 5.57 Å². The highest BCUT2D eigenvalue weighted by atomic mass is 35.5. The molecule has 0 fully saturated rings. The van der Waals surface area contributed by atoms with Gasteiger partial charge in [-0.25, -0.2) is 0 Å². The first-order valence-electron chi connectivity index (χ1n) is 9.84. The molecular weight excluding hydrogens is 412 g/mol. The van der Waals surface area contributed by atoms with E-state index >= 15 is 0 Å². The normalized spacial score (nSPS) is 11.3. The van der Waals surface area contributed by atoms with E-state index in [2.05, 4.69) is 19.2 Å². The molecule has 6 heteroatoms. The summed E-state index contributed by atoms with van der Waals surface area (Å²) in [6.07, 6.45) is 1.57. The van der Waals surface area contributed by atoms with Crippen LogP contribution in [0.4, 0.5) is 5.69 Å². The number of anilines is 1. The number of ether oxygens (including phenoxy) is 2. The van der Waals surface area contributed by atoms with E-state index in [0.29, 0.717) is 29.0 Å². The standard InChI is InChI=1S/C25H23ClN2O3/c1-16(2)15-31-23-10-8-17(20-6-4-5-7-21(20)23)12-18(14-27)25(29)28-22-13-19(26)9-11-24(22)30-3/h4-13,16H,15H2,1-3H3,(H,28,29)/b18-12+. The number of nitrogens with zero attached hydrogens (tertiary/aromatic N) is 1. The topological polar surface area (TPSA) is 71.3 Å². The van der Waals surface area contributed by atoms with Crippen LogP contribution in [0.2, 0.25) is 5.02 Å². The summed E-state index contributed by atoms with van der Waals surface area (Å²) in [5.41, 5.74) is 1.10. The molecule has 31 heavy (non-hydrogen) atoms. The van der Waals surface area contributed by atoms with Gasteiger partial charge in [0, 0.05) is 10.4 Å². The minimum atomic E-state index is -0.549. The molecule has 158 valence electrons. The van der Waals surface area contributed by atoms with Gasteiger partial charge < -0.3 is 14.8 Å². The summed E-state index contributed by atoms with van der Waals surface area (Å²) >= 11 is 6.03. The largest absolute Gasteiger partial charge is 0.495 e. The molecule has 5 nitrogen and oxygen atoms in total. The van der Waals surface area contributed by atoms with Gasteiger partial charge in [0.2, 0.25) is 0 Å². The third-order valence-electron chi connectivity index (χ3n) is 4.56. The van der Waals surface area contributed by atoms with Crippen molar-refractivity contribution in [1.82, 2.24) is 0 Å². The van der Waals surface area contributed by atoms with Crippen LogP contribution in [0.1, 0.15) is 19.4 Å². The van der Waals surface area contributed by atoms with E-state index in [1.165, 1.54) is 7.11 Å². The van der Waals surface area contributed by atoms with Crippen LogP contribution < -0.4 is 14.8 Å². The number of amides is 1. The van der Waals surface area contributed by atoms with Crippen molar-refractivity contribution >= 4 is 40.0 Å². The zero-order chi connectivity index (χ0) is 22.4. The van der Waals surface area contributed by atoms with Crippen molar-refractivity contribution in [1.29, 1.82) is 5.26 Å². The molecule has 0 atom stereocenters. The Morgan fingerprint density at radius 2 is 1.84 bits per heavy atom. The van der Waals surface area contributed by atoms with E-state index in [1.54, 1.807) is 24.3 Å². The first kappa shape index (κ1) is 22.2. The predicted molar refractivity (Wildman–Crippen MR) is 125 cm³/mol. The zero-order valence-corrected chi connectivity index (χ0v) is 18.4. The molecule has 3 aromatic carbocycles. The number of halogens is 1. The summed E-state index contributed by atoms with van der Waals surface area (Å²) in [6, 6.07) is 18.3. The molecule has 0 aliphatic rings. The maximum absolute atomic E-state index is 12.8. The highest BCUT2D eigenvalue weighted by molar-refractivity contribution is 6.31. The number of methoxy groups -OCH3 is 1. The molecule has 0 aliphatic carbocycles. The second kappa shape index (κ2) is 10.0. The molecule has 0 aromatic heterocycles. The van der Waals surface area contributed by atoms with E-state index in [1.807, 2.05) is 42.5 Å². The summed E-state index contributed by atoms with van der Waals surface area (Å²) in [4.78, 5) is 12.8. The van der Waals surface area contributed by atoms with Gasteiger partial charge in [0.25, 0.3) is 5.91 Å². The van der Waals surface area contributed by atoms with Gasteiger partial charge in [0.15, 0.2) is 0 Å². The summed E-state index contributed by atoms with van der Waals surface area (Å²) in [7, 11) is 1.50. The lowest BCUT2D eigenvalue weighted by Gasteiger charge is -2.13. The number of rotatable bonds is 7. The Morgan fingerprint density at radius 1 is 1.13 bits per heavy atom. The minimum Gasteiger partial charge on any atom is -0.495 e. The second-order valence-corrected chi connectivity index (χ2v) is 7.81. The molecule has 1 N–H and O–H groups in total. The van der Waals surface area contributed by atoms with Crippen molar-refractivity contribution in [2.75, 3.05) is 19.0 Å². The lowest BCUT2D eigenvalue weighted by Crippen LogP contribution is -2.14. The SMILES string of the molecule is COc1ccc(Cl)cc1NC(=O)/C(C#N)=C/c1ccc(OCC(C)C)c2ccccc12. The number of nitrogens with one attached hydrogen (secondary N) is 1. The quantitative estimate of drug-likeness (QED) is 0.361. The van der Waals surface area contributed by atoms with Crippen LogP contribution in [-0.4, -0.2) is 19.6 Å². The van der Waals surface area contributed by atoms with Gasteiger partial charge in [-0.3, -0.25) is 4.79 Å². The van der Waals surface area contributed by atoms with Crippen molar-refractivity contribution in [3.05, 3.63) is 70.8 Å².